The third kappa shape index (κ3) is 11.8. The predicted octanol–water partition coefficient (Wildman–Crippen LogP) is -1.68. The van der Waals surface area contributed by atoms with Crippen molar-refractivity contribution in [1.29, 1.82) is 0 Å². The second kappa shape index (κ2) is 19.1. The van der Waals surface area contributed by atoms with E-state index in [9.17, 15) is 28.8 Å². The van der Waals surface area contributed by atoms with E-state index in [0.29, 0.717) is 34.9 Å². The summed E-state index contributed by atoms with van der Waals surface area (Å²) >= 11 is 0. The van der Waals surface area contributed by atoms with E-state index < -0.39 is 36.2 Å². The van der Waals surface area contributed by atoms with Crippen LogP contribution in [0.1, 0.15) is 12.5 Å². The van der Waals surface area contributed by atoms with Crippen molar-refractivity contribution in [3.05, 3.63) is 66.2 Å². The number of nitrogens with two attached hydrogens (primary N) is 12. The molecule has 0 aliphatic rings. The van der Waals surface area contributed by atoms with Crippen molar-refractivity contribution in [3.8, 4) is 5.75 Å². The van der Waals surface area contributed by atoms with Crippen LogP contribution in [0.5, 0.6) is 5.75 Å². The molecule has 0 bridgehead atoms. The maximum absolute atomic E-state index is 11.0. The van der Waals surface area contributed by atoms with Crippen molar-refractivity contribution in [3.63, 3.8) is 0 Å². The summed E-state index contributed by atoms with van der Waals surface area (Å²) in [6, 6.07) is 9.90. The van der Waals surface area contributed by atoms with Crippen LogP contribution < -0.4 is 104 Å². The van der Waals surface area contributed by atoms with Crippen LogP contribution >= 0.6 is 0 Å². The Balaban J connectivity index is 0.000000392. The minimum absolute atomic E-state index is 0.246. The Bertz CT molecular complexity index is 1720. The minimum Gasteiger partial charge on any atom is -0.492 e. The van der Waals surface area contributed by atoms with Crippen LogP contribution in [0.15, 0.2) is 60.7 Å². The molecule has 0 spiro atoms. The molecule has 3 aromatic rings. The lowest BCUT2D eigenvalue weighted by Crippen LogP contribution is -2.43. The first-order valence-corrected chi connectivity index (χ1v) is 14.2. The van der Waals surface area contributed by atoms with E-state index >= 15 is 0 Å². The van der Waals surface area contributed by atoms with Gasteiger partial charge in [-0.1, -0.05) is 0 Å². The van der Waals surface area contributed by atoms with Crippen molar-refractivity contribution in [2.75, 3.05) is 36.7 Å². The van der Waals surface area contributed by atoms with Crippen molar-refractivity contribution in [1.82, 2.24) is 0 Å². The molecular formula is C27H42N18O7. The Morgan fingerprint density at radius 2 is 0.750 bits per heavy atom. The summed E-state index contributed by atoms with van der Waals surface area (Å²) < 4.78 is 5.32. The van der Waals surface area contributed by atoms with Crippen molar-refractivity contribution in [2.24, 2.45) is 69.5 Å². The molecule has 0 aliphatic carbocycles. The van der Waals surface area contributed by atoms with Gasteiger partial charge in [0.2, 0.25) is 0 Å². The van der Waals surface area contributed by atoms with Gasteiger partial charge in [0.25, 0.3) is 0 Å². The number of hydrogen-bond acceptors (Lipinski definition) is 13. The number of ether oxygens (including phenoxy) is 1. The number of hydrogen-bond donors (Lipinski definition) is 12. The maximum Gasteiger partial charge on any atom is 0.333 e. The second-order valence-corrected chi connectivity index (χ2v) is 9.82. The van der Waals surface area contributed by atoms with Crippen LogP contribution in [0.2, 0.25) is 0 Å². The summed E-state index contributed by atoms with van der Waals surface area (Å²) in [5.74, 6) is 32.8. The molecule has 3 aromatic carbocycles. The van der Waals surface area contributed by atoms with Gasteiger partial charge in [0.15, 0.2) is 0 Å². The Morgan fingerprint density at radius 3 is 1.08 bits per heavy atom. The number of benzene rings is 3. The van der Waals surface area contributed by atoms with Gasteiger partial charge in [0.1, 0.15) is 11.4 Å². The zero-order valence-electron chi connectivity index (χ0n) is 27.9. The van der Waals surface area contributed by atoms with Crippen molar-refractivity contribution < 1.29 is 33.5 Å². The van der Waals surface area contributed by atoms with Crippen LogP contribution in [0.4, 0.5) is 62.9 Å². The third-order valence-electron chi connectivity index (χ3n) is 6.33. The van der Waals surface area contributed by atoms with Crippen LogP contribution in [0, 0.1) is 6.92 Å². The number of carbonyl (C=O) groups is 6. The topological polar surface area (TPSA) is 443 Å². The first kappa shape index (κ1) is 42.9. The zero-order chi connectivity index (χ0) is 40.0. The molecule has 0 saturated carbocycles. The maximum atomic E-state index is 11.0. The Morgan fingerprint density at radius 1 is 0.462 bits per heavy atom. The van der Waals surface area contributed by atoms with E-state index in [-0.39, 0.29) is 17.1 Å². The highest BCUT2D eigenvalue weighted by atomic mass is 16.5. The molecule has 25 nitrogen and oxygen atoms in total. The number of nitrogens with zero attached hydrogens (tertiary/aromatic N) is 6. The van der Waals surface area contributed by atoms with E-state index in [2.05, 4.69) is 0 Å². The second-order valence-electron chi connectivity index (χ2n) is 9.82. The van der Waals surface area contributed by atoms with Gasteiger partial charge >= 0.3 is 36.2 Å². The highest BCUT2D eigenvalue weighted by Gasteiger charge is 2.17. The average Bonchev–Trinajstić information content (AvgIpc) is 3.10. The predicted molar refractivity (Wildman–Crippen MR) is 193 cm³/mol. The van der Waals surface area contributed by atoms with Gasteiger partial charge < -0.3 is 39.1 Å². The number of carbonyl (C=O) groups excluding carboxylic acids is 6. The summed E-state index contributed by atoms with van der Waals surface area (Å²) in [5, 5.41) is 4.55. The molecule has 0 aliphatic heterocycles. The van der Waals surface area contributed by atoms with Crippen LogP contribution in [0.3, 0.4) is 0 Å². The number of aryl methyl sites for hydroxylation is 1. The quantitative estimate of drug-likeness (QED) is 0.0701. The number of urea groups is 6. The number of amides is 12. The molecule has 0 aromatic heterocycles. The van der Waals surface area contributed by atoms with Crippen LogP contribution in [-0.2, 0) is 0 Å². The molecule has 0 atom stereocenters. The molecule has 3 rings (SSSR count). The molecule has 12 amide bonds. The largest absolute Gasteiger partial charge is 0.492 e. The standard InChI is InChI=1S/C10H16N6O3.C9H14N6O2.C8H12N6O2/c1-2-19-8-5-6(15(13)9(11)17)3-4-7(8)16(14)10(12)18;1-5-4-6(14(12)8(10)16)2-3-7(5)15(13)9(11)17;9-7(15)13(11)5-1-2-6(4-3-5)14(12)8(10)16/h3-5H,2,13-14H2,1H3,(H2,11,17)(H2,12,18);2-4H,12-13H2,1H3,(H2,10,16)(H2,11,17);1-4H,11-12H2,(H2,9,15)(H2,10,16). The summed E-state index contributed by atoms with van der Waals surface area (Å²) in [7, 11) is 0. The zero-order valence-corrected chi connectivity index (χ0v) is 27.9. The van der Waals surface area contributed by atoms with Crippen molar-refractivity contribution >= 4 is 70.3 Å². The van der Waals surface area contributed by atoms with Crippen LogP contribution in [-0.4, -0.2) is 42.8 Å². The van der Waals surface area contributed by atoms with Gasteiger partial charge in [-0.05, 0) is 74.0 Å². The first-order valence-electron chi connectivity index (χ1n) is 14.2. The first-order chi connectivity index (χ1) is 24.2. The Kier molecular flexibility index (Phi) is 15.8. The molecule has 0 unspecified atom stereocenters. The van der Waals surface area contributed by atoms with Gasteiger partial charge in [-0.15, -0.1) is 0 Å². The monoisotopic (exact) mass is 730 g/mol. The molecule has 0 saturated heterocycles. The Hall–Kier alpha value is -7.16. The third-order valence-corrected chi connectivity index (χ3v) is 6.33. The lowest BCUT2D eigenvalue weighted by Gasteiger charge is -2.20. The van der Waals surface area contributed by atoms with E-state index in [0.717, 1.165) is 30.1 Å². The molecule has 0 fully saturated rings. The molecule has 24 N–H and O–H groups in total. The highest BCUT2D eigenvalue weighted by molar-refractivity contribution is 5.95. The molecule has 52 heavy (non-hydrogen) atoms. The SMILES string of the molecule is CCOc1cc(N(N)C(N)=O)ccc1N(N)C(N)=O.Cc1cc(N(N)C(N)=O)ccc1N(N)C(N)=O.NC(=O)N(N)c1ccc(N(N)C(N)=O)cc1. The van der Waals surface area contributed by atoms with Crippen LogP contribution in [0.25, 0.3) is 0 Å². The fourth-order valence-corrected chi connectivity index (χ4v) is 3.70. The van der Waals surface area contributed by atoms with Gasteiger partial charge in [-0.2, -0.15) is 0 Å². The summed E-state index contributed by atoms with van der Waals surface area (Å²) in [6.45, 7) is 3.76. The fourth-order valence-electron chi connectivity index (χ4n) is 3.70. The van der Waals surface area contributed by atoms with E-state index in [1.807, 2.05) is 0 Å². The van der Waals surface area contributed by atoms with Gasteiger partial charge in [0, 0.05) is 6.07 Å². The molecule has 0 radical (unpaired) electrons. The van der Waals surface area contributed by atoms with Gasteiger partial charge in [-0.3, -0.25) is 0 Å². The lowest BCUT2D eigenvalue weighted by atomic mass is 10.1. The molecule has 25 heteroatoms. The number of rotatable bonds is 8. The number of primary amides is 6. The molecular weight excluding hydrogens is 688 g/mol. The van der Waals surface area contributed by atoms with E-state index in [1.165, 1.54) is 54.6 Å². The summed E-state index contributed by atoms with van der Waals surface area (Å²) in [5.41, 5.74) is 32.8. The molecule has 0 heterocycles. The average molecular weight is 731 g/mol. The normalized spacial score (nSPS) is 9.77. The molecule has 282 valence electrons. The van der Waals surface area contributed by atoms with E-state index in [4.69, 9.17) is 74.2 Å². The van der Waals surface area contributed by atoms with E-state index in [1.54, 1.807) is 19.9 Å². The van der Waals surface area contributed by atoms with Gasteiger partial charge in [-0.25, -0.2) is 93.9 Å². The fraction of sp³-hybridized carbons (Fsp3) is 0.111. The number of hydrazine groups is 6. The minimum atomic E-state index is -0.854. The summed E-state index contributed by atoms with van der Waals surface area (Å²) in [4.78, 5) is 65.2. The lowest BCUT2D eigenvalue weighted by molar-refractivity contribution is 0.252. The Labute approximate surface area is 295 Å². The highest BCUT2D eigenvalue weighted by Crippen LogP contribution is 2.31. The number of anilines is 6. The smallest absolute Gasteiger partial charge is 0.333 e. The van der Waals surface area contributed by atoms with Crippen molar-refractivity contribution in [2.45, 2.75) is 13.8 Å². The summed E-state index contributed by atoms with van der Waals surface area (Å²) in [6.07, 6.45) is 0. The van der Waals surface area contributed by atoms with Gasteiger partial charge in [0.05, 0.1) is 35.0 Å².